The second-order valence-electron chi connectivity index (χ2n) is 7.87. The van der Waals surface area contributed by atoms with E-state index in [2.05, 4.69) is 35.1 Å². The molecule has 2 bridgehead atoms. The van der Waals surface area contributed by atoms with Gasteiger partial charge >= 0.3 is 6.61 Å². The Balaban J connectivity index is 0.00000256. The Morgan fingerprint density at radius 1 is 1.17 bits per heavy atom. The number of alkyl halides is 2. The maximum atomic E-state index is 12.7. The molecular weight excluding hydrogens is 505 g/mol. The minimum Gasteiger partial charge on any atom is -0.433 e. The molecule has 4 saturated heterocycles. The third-order valence-corrected chi connectivity index (χ3v) is 6.07. The van der Waals surface area contributed by atoms with Crippen molar-refractivity contribution in [1.29, 1.82) is 0 Å². The number of piperazine rings is 3. The van der Waals surface area contributed by atoms with Gasteiger partial charge in [0, 0.05) is 71.5 Å². The monoisotopic (exact) mass is 536 g/mol. The van der Waals surface area contributed by atoms with Crippen LogP contribution in [-0.2, 0) is 0 Å². The molecule has 0 aliphatic carbocycles. The van der Waals surface area contributed by atoms with Gasteiger partial charge in [-0.25, -0.2) is 0 Å². The molecule has 4 heterocycles. The standard InChI is InChI=1S/C20H30F2N6O.HI/c1-23-20(24-12-16-14-26-8-10-27(16)11-9-26)25-15-6-7-28(13-15)17-4-2-3-5-18(17)29-19(21)22;/h2-5,15-16,19H,6-14H2,1H3,(H2,23,24,25);1H. The molecule has 0 spiro atoms. The van der Waals surface area contributed by atoms with Crippen LogP contribution in [0.1, 0.15) is 6.42 Å². The second kappa shape index (κ2) is 10.8. The van der Waals surface area contributed by atoms with Crippen molar-refractivity contribution in [2.24, 2.45) is 4.99 Å². The number of aliphatic imine (C=N–C) groups is 1. The SMILES string of the molecule is CN=C(NCC1CN2CCN1CC2)NC1CCN(c2ccccc2OC(F)F)C1.I. The van der Waals surface area contributed by atoms with E-state index in [0.717, 1.165) is 45.1 Å². The summed E-state index contributed by atoms with van der Waals surface area (Å²) in [6.07, 6.45) is 0.910. The van der Waals surface area contributed by atoms with Gasteiger partial charge in [0.1, 0.15) is 5.75 Å². The number of guanidine groups is 1. The normalized spacial score (nSPS) is 28.4. The van der Waals surface area contributed by atoms with Crippen molar-refractivity contribution >= 4 is 35.6 Å². The van der Waals surface area contributed by atoms with Crippen molar-refractivity contribution in [1.82, 2.24) is 20.4 Å². The number of hydrogen-bond acceptors (Lipinski definition) is 5. The molecule has 0 radical (unpaired) electrons. The quantitative estimate of drug-likeness (QED) is 0.328. The van der Waals surface area contributed by atoms with Crippen LogP contribution in [0.4, 0.5) is 14.5 Å². The van der Waals surface area contributed by atoms with Crippen molar-refractivity contribution in [3.8, 4) is 5.75 Å². The number of anilines is 1. The highest BCUT2D eigenvalue weighted by atomic mass is 127. The Kier molecular flexibility index (Phi) is 8.35. The Labute approximate surface area is 193 Å². The zero-order chi connectivity index (χ0) is 20.2. The molecule has 0 saturated carbocycles. The lowest BCUT2D eigenvalue weighted by molar-refractivity contribution is -0.0495. The van der Waals surface area contributed by atoms with E-state index in [1.54, 1.807) is 19.2 Å². The summed E-state index contributed by atoms with van der Waals surface area (Å²) < 4.78 is 30.1. The summed E-state index contributed by atoms with van der Waals surface area (Å²) in [5, 5.41) is 6.96. The number of para-hydroxylation sites is 2. The molecule has 2 unspecified atom stereocenters. The molecule has 5 rings (SSSR count). The molecule has 7 nitrogen and oxygen atoms in total. The Morgan fingerprint density at radius 2 is 1.93 bits per heavy atom. The first kappa shape index (κ1) is 23.3. The van der Waals surface area contributed by atoms with E-state index in [1.165, 1.54) is 13.1 Å². The van der Waals surface area contributed by atoms with Crippen LogP contribution in [0.5, 0.6) is 5.75 Å². The maximum Gasteiger partial charge on any atom is 0.387 e. The van der Waals surface area contributed by atoms with Gasteiger partial charge in [-0.05, 0) is 18.6 Å². The number of benzene rings is 1. The lowest BCUT2D eigenvalue weighted by Crippen LogP contribution is -2.64. The van der Waals surface area contributed by atoms with Crippen LogP contribution in [0, 0.1) is 0 Å². The lowest BCUT2D eigenvalue weighted by Gasteiger charge is -2.47. The van der Waals surface area contributed by atoms with Gasteiger partial charge < -0.3 is 20.3 Å². The van der Waals surface area contributed by atoms with Crippen LogP contribution in [0.25, 0.3) is 0 Å². The fourth-order valence-electron chi connectivity index (χ4n) is 4.53. The van der Waals surface area contributed by atoms with Gasteiger partial charge in [0.15, 0.2) is 5.96 Å². The van der Waals surface area contributed by atoms with Crippen LogP contribution in [0.3, 0.4) is 0 Å². The van der Waals surface area contributed by atoms with Crippen LogP contribution < -0.4 is 20.3 Å². The van der Waals surface area contributed by atoms with Crippen molar-refractivity contribution in [3.05, 3.63) is 24.3 Å². The third kappa shape index (κ3) is 5.64. The zero-order valence-electron chi connectivity index (χ0n) is 17.3. The summed E-state index contributed by atoms with van der Waals surface area (Å²) in [7, 11) is 1.78. The number of hydrogen-bond donors (Lipinski definition) is 2. The minimum atomic E-state index is -2.82. The molecule has 0 amide bonds. The lowest BCUT2D eigenvalue weighted by atomic mass is 10.1. The zero-order valence-corrected chi connectivity index (χ0v) is 19.6. The number of ether oxygens (including phenoxy) is 1. The summed E-state index contributed by atoms with van der Waals surface area (Å²) >= 11 is 0. The Morgan fingerprint density at radius 3 is 2.60 bits per heavy atom. The van der Waals surface area contributed by atoms with Gasteiger partial charge in [0.2, 0.25) is 0 Å². The van der Waals surface area contributed by atoms with Crippen LogP contribution >= 0.6 is 24.0 Å². The summed E-state index contributed by atoms with van der Waals surface area (Å²) in [4.78, 5) is 11.5. The summed E-state index contributed by atoms with van der Waals surface area (Å²) in [6, 6.07) is 7.70. The average Bonchev–Trinajstić information content (AvgIpc) is 3.20. The van der Waals surface area contributed by atoms with Crippen molar-refractivity contribution in [2.75, 3.05) is 64.3 Å². The fourth-order valence-corrected chi connectivity index (χ4v) is 4.53. The fraction of sp³-hybridized carbons (Fsp3) is 0.650. The number of nitrogens with zero attached hydrogens (tertiary/aromatic N) is 4. The first-order valence-corrected chi connectivity index (χ1v) is 10.3. The second-order valence-corrected chi connectivity index (χ2v) is 7.87. The molecule has 4 aliphatic heterocycles. The van der Waals surface area contributed by atoms with E-state index in [4.69, 9.17) is 0 Å². The number of fused-ring (bicyclic) bond motifs is 3. The van der Waals surface area contributed by atoms with E-state index < -0.39 is 6.61 Å². The molecule has 4 aliphatic rings. The molecule has 168 valence electrons. The highest BCUT2D eigenvalue weighted by Gasteiger charge is 2.32. The predicted octanol–water partition coefficient (Wildman–Crippen LogP) is 1.65. The van der Waals surface area contributed by atoms with Crippen molar-refractivity contribution in [3.63, 3.8) is 0 Å². The van der Waals surface area contributed by atoms with E-state index in [0.29, 0.717) is 18.3 Å². The first-order valence-electron chi connectivity index (χ1n) is 10.3. The number of nitrogens with one attached hydrogen (secondary N) is 2. The van der Waals surface area contributed by atoms with Crippen LogP contribution in [0.2, 0.25) is 0 Å². The summed E-state index contributed by atoms with van der Waals surface area (Å²) in [6.45, 7) is 5.32. The van der Waals surface area contributed by atoms with Crippen LogP contribution in [0.15, 0.2) is 29.3 Å². The molecular formula is C20H31F2IN6O. The van der Waals surface area contributed by atoms with Crippen molar-refractivity contribution in [2.45, 2.75) is 25.1 Å². The van der Waals surface area contributed by atoms with Gasteiger partial charge in [0.05, 0.1) is 5.69 Å². The average molecular weight is 536 g/mol. The molecule has 30 heavy (non-hydrogen) atoms. The van der Waals surface area contributed by atoms with Gasteiger partial charge in [-0.2, -0.15) is 8.78 Å². The molecule has 0 aromatic heterocycles. The Bertz CT molecular complexity index is 716. The molecule has 2 N–H and O–H groups in total. The van der Waals surface area contributed by atoms with Gasteiger partial charge in [0.25, 0.3) is 0 Å². The molecule has 1 aromatic rings. The molecule has 4 fully saturated rings. The molecule has 2 atom stereocenters. The van der Waals surface area contributed by atoms with E-state index in [-0.39, 0.29) is 35.8 Å². The van der Waals surface area contributed by atoms with Crippen LogP contribution in [-0.4, -0.2) is 93.9 Å². The third-order valence-electron chi connectivity index (χ3n) is 6.07. The van der Waals surface area contributed by atoms with E-state index >= 15 is 0 Å². The van der Waals surface area contributed by atoms with Gasteiger partial charge in [-0.1, -0.05) is 12.1 Å². The molecule has 1 aromatic carbocycles. The molecule has 10 heteroatoms. The largest absolute Gasteiger partial charge is 0.433 e. The highest BCUT2D eigenvalue weighted by Crippen LogP contribution is 2.31. The first-order chi connectivity index (χ1) is 14.1. The minimum absolute atomic E-state index is 0. The topological polar surface area (TPSA) is 55.4 Å². The van der Waals surface area contributed by atoms with E-state index in [1.807, 2.05) is 12.1 Å². The Hall–Kier alpha value is -1.40. The van der Waals surface area contributed by atoms with Crippen molar-refractivity contribution < 1.29 is 13.5 Å². The van der Waals surface area contributed by atoms with E-state index in [9.17, 15) is 8.78 Å². The number of halogens is 3. The smallest absolute Gasteiger partial charge is 0.387 e. The maximum absolute atomic E-state index is 12.7. The van der Waals surface area contributed by atoms with Gasteiger partial charge in [-0.3, -0.25) is 14.8 Å². The predicted molar refractivity (Wildman–Crippen MR) is 125 cm³/mol. The highest BCUT2D eigenvalue weighted by molar-refractivity contribution is 14.0. The summed E-state index contributed by atoms with van der Waals surface area (Å²) in [5.41, 5.74) is 0.708. The van der Waals surface area contributed by atoms with Gasteiger partial charge in [-0.15, -0.1) is 24.0 Å². The summed E-state index contributed by atoms with van der Waals surface area (Å²) in [5.74, 6) is 1.02. The number of rotatable bonds is 6.